The Morgan fingerprint density at radius 3 is 2.80 bits per heavy atom. The second-order valence-corrected chi connectivity index (χ2v) is 5.47. The fourth-order valence-electron chi connectivity index (χ4n) is 1.41. The van der Waals surface area contributed by atoms with Crippen LogP contribution in [0.5, 0.6) is 0 Å². The van der Waals surface area contributed by atoms with Gasteiger partial charge in [0.1, 0.15) is 0 Å². The maximum atomic E-state index is 11.8. The molecule has 7 heteroatoms. The van der Waals surface area contributed by atoms with E-state index in [0.717, 1.165) is 5.56 Å². The van der Waals surface area contributed by atoms with Crippen molar-refractivity contribution in [3.63, 3.8) is 0 Å². The van der Waals surface area contributed by atoms with Gasteiger partial charge in [-0.05, 0) is 30.7 Å². The van der Waals surface area contributed by atoms with E-state index in [-0.39, 0.29) is 11.7 Å². The van der Waals surface area contributed by atoms with E-state index < -0.39 is 0 Å². The summed E-state index contributed by atoms with van der Waals surface area (Å²) in [5.41, 5.74) is 7.67. The molecule has 0 aliphatic heterocycles. The maximum absolute atomic E-state index is 11.8. The third-order valence-electron chi connectivity index (χ3n) is 2.35. The number of aryl methyl sites for hydroxylation is 1. The lowest BCUT2D eigenvalue weighted by atomic mass is 10.3. The van der Waals surface area contributed by atoms with Gasteiger partial charge < -0.3 is 11.1 Å². The standard InChI is InChI=1S/C13H13ClN4OS/c1-8-5-16-13(17-6-8)20-7-12(19)18-11-4-9(15)2-3-10(11)14/h2-6H,7,15H2,1H3,(H,18,19). The summed E-state index contributed by atoms with van der Waals surface area (Å²) in [6, 6.07) is 4.93. The van der Waals surface area contributed by atoms with Gasteiger partial charge in [-0.2, -0.15) is 0 Å². The Balaban J connectivity index is 1.92. The molecule has 104 valence electrons. The van der Waals surface area contributed by atoms with Crippen molar-refractivity contribution in [3.8, 4) is 0 Å². The molecule has 1 heterocycles. The molecule has 1 aromatic heterocycles. The molecule has 2 aromatic rings. The number of hydrogen-bond acceptors (Lipinski definition) is 5. The smallest absolute Gasteiger partial charge is 0.234 e. The van der Waals surface area contributed by atoms with Gasteiger partial charge in [-0.25, -0.2) is 9.97 Å². The number of nitrogens with two attached hydrogens (primary N) is 1. The minimum atomic E-state index is -0.188. The second kappa shape index (κ2) is 6.58. The molecule has 0 radical (unpaired) electrons. The number of carbonyl (C=O) groups excluding carboxylic acids is 1. The van der Waals surface area contributed by atoms with E-state index in [2.05, 4.69) is 15.3 Å². The number of nitrogen functional groups attached to an aromatic ring is 1. The van der Waals surface area contributed by atoms with Crippen LogP contribution in [0.3, 0.4) is 0 Å². The van der Waals surface area contributed by atoms with Crippen molar-refractivity contribution in [1.82, 2.24) is 9.97 Å². The van der Waals surface area contributed by atoms with Gasteiger partial charge in [0.2, 0.25) is 5.91 Å². The Labute approximate surface area is 126 Å². The van der Waals surface area contributed by atoms with Crippen LogP contribution < -0.4 is 11.1 Å². The molecule has 0 saturated carbocycles. The molecule has 0 atom stereocenters. The van der Waals surface area contributed by atoms with Gasteiger partial charge in [0.25, 0.3) is 0 Å². The Hall–Kier alpha value is -1.79. The highest BCUT2D eigenvalue weighted by atomic mass is 35.5. The first-order valence-electron chi connectivity index (χ1n) is 5.81. The highest BCUT2D eigenvalue weighted by Crippen LogP contribution is 2.24. The third kappa shape index (κ3) is 4.11. The lowest BCUT2D eigenvalue weighted by Gasteiger charge is -2.07. The minimum absolute atomic E-state index is 0.188. The molecule has 0 aliphatic carbocycles. The molecule has 1 aromatic carbocycles. The van der Waals surface area contributed by atoms with Crippen LogP contribution in [0.2, 0.25) is 5.02 Å². The van der Waals surface area contributed by atoms with Gasteiger partial charge in [0.05, 0.1) is 16.5 Å². The number of nitrogens with zero attached hydrogens (tertiary/aromatic N) is 2. The Kier molecular flexibility index (Phi) is 4.81. The first kappa shape index (κ1) is 14.6. The summed E-state index contributed by atoms with van der Waals surface area (Å²) in [6.07, 6.45) is 3.42. The second-order valence-electron chi connectivity index (χ2n) is 4.12. The van der Waals surface area contributed by atoms with Gasteiger partial charge in [-0.3, -0.25) is 4.79 Å². The number of amides is 1. The maximum Gasteiger partial charge on any atom is 0.234 e. The van der Waals surface area contributed by atoms with Crippen LogP contribution in [0.15, 0.2) is 35.7 Å². The molecular weight excluding hydrogens is 296 g/mol. The lowest BCUT2D eigenvalue weighted by molar-refractivity contribution is -0.113. The van der Waals surface area contributed by atoms with Crippen LogP contribution in [0.4, 0.5) is 11.4 Å². The van der Waals surface area contributed by atoms with Gasteiger partial charge in [0, 0.05) is 18.1 Å². The largest absolute Gasteiger partial charge is 0.399 e. The third-order valence-corrected chi connectivity index (χ3v) is 3.56. The number of thioether (sulfide) groups is 1. The molecule has 20 heavy (non-hydrogen) atoms. The van der Waals surface area contributed by atoms with Crippen LogP contribution >= 0.6 is 23.4 Å². The number of rotatable bonds is 4. The predicted octanol–water partition coefficient (Wildman–Crippen LogP) is 2.75. The zero-order valence-electron chi connectivity index (χ0n) is 10.8. The van der Waals surface area contributed by atoms with Gasteiger partial charge in [0.15, 0.2) is 5.16 Å². The Morgan fingerprint density at radius 1 is 1.40 bits per heavy atom. The number of benzene rings is 1. The molecule has 0 saturated heterocycles. The van der Waals surface area contributed by atoms with Crippen molar-refractivity contribution in [2.24, 2.45) is 0 Å². The molecule has 2 rings (SSSR count). The van der Waals surface area contributed by atoms with E-state index in [0.29, 0.717) is 21.6 Å². The van der Waals surface area contributed by atoms with E-state index in [4.69, 9.17) is 17.3 Å². The summed E-state index contributed by atoms with van der Waals surface area (Å²) in [5, 5.41) is 3.71. The number of hydrogen-bond donors (Lipinski definition) is 2. The fourth-order valence-corrected chi connectivity index (χ4v) is 2.16. The summed E-state index contributed by atoms with van der Waals surface area (Å²) < 4.78 is 0. The van der Waals surface area contributed by atoms with Gasteiger partial charge in [-0.1, -0.05) is 23.4 Å². The van der Waals surface area contributed by atoms with Crippen molar-refractivity contribution in [1.29, 1.82) is 0 Å². The zero-order valence-corrected chi connectivity index (χ0v) is 12.3. The van der Waals surface area contributed by atoms with Crippen molar-refractivity contribution in [2.45, 2.75) is 12.1 Å². The number of carbonyl (C=O) groups is 1. The normalized spacial score (nSPS) is 10.3. The summed E-state index contributed by atoms with van der Waals surface area (Å²) in [4.78, 5) is 20.1. The van der Waals surface area contributed by atoms with Crippen LogP contribution in [0.25, 0.3) is 0 Å². The van der Waals surface area contributed by atoms with Crippen molar-refractivity contribution in [3.05, 3.63) is 41.2 Å². The molecule has 0 bridgehead atoms. The molecule has 3 N–H and O–H groups in total. The van der Waals surface area contributed by atoms with Crippen molar-refractivity contribution in [2.75, 3.05) is 16.8 Å². The fraction of sp³-hybridized carbons (Fsp3) is 0.154. The van der Waals surface area contributed by atoms with Gasteiger partial charge >= 0.3 is 0 Å². The average molecular weight is 309 g/mol. The quantitative estimate of drug-likeness (QED) is 0.515. The number of aromatic nitrogens is 2. The van der Waals surface area contributed by atoms with Crippen LogP contribution in [-0.2, 0) is 4.79 Å². The highest BCUT2D eigenvalue weighted by Gasteiger charge is 2.08. The lowest BCUT2D eigenvalue weighted by Crippen LogP contribution is -2.14. The molecule has 1 amide bonds. The van der Waals surface area contributed by atoms with Crippen LogP contribution in [-0.4, -0.2) is 21.6 Å². The highest BCUT2D eigenvalue weighted by molar-refractivity contribution is 7.99. The van der Waals surface area contributed by atoms with E-state index in [1.807, 2.05) is 6.92 Å². The Bertz CT molecular complexity index is 618. The molecule has 0 unspecified atom stereocenters. The van der Waals surface area contributed by atoms with Crippen molar-refractivity contribution < 1.29 is 4.79 Å². The zero-order chi connectivity index (χ0) is 14.5. The van der Waals surface area contributed by atoms with E-state index in [9.17, 15) is 4.79 Å². The van der Waals surface area contributed by atoms with E-state index >= 15 is 0 Å². The first-order chi connectivity index (χ1) is 9.54. The summed E-state index contributed by atoms with van der Waals surface area (Å²) >= 11 is 7.23. The monoisotopic (exact) mass is 308 g/mol. The molecule has 0 fully saturated rings. The molecule has 5 nitrogen and oxygen atoms in total. The van der Waals surface area contributed by atoms with E-state index in [1.54, 1.807) is 30.6 Å². The summed E-state index contributed by atoms with van der Waals surface area (Å²) in [5.74, 6) is 0.0143. The first-order valence-corrected chi connectivity index (χ1v) is 7.17. The topological polar surface area (TPSA) is 80.9 Å². The predicted molar refractivity (Wildman–Crippen MR) is 82.0 cm³/mol. The number of anilines is 2. The van der Waals surface area contributed by atoms with Gasteiger partial charge in [-0.15, -0.1) is 0 Å². The minimum Gasteiger partial charge on any atom is -0.399 e. The molecule has 0 aliphatic rings. The summed E-state index contributed by atoms with van der Waals surface area (Å²) in [6.45, 7) is 1.91. The molecular formula is C13H13ClN4OS. The Morgan fingerprint density at radius 2 is 2.10 bits per heavy atom. The van der Waals surface area contributed by atoms with Crippen LogP contribution in [0.1, 0.15) is 5.56 Å². The number of halogens is 1. The number of nitrogens with one attached hydrogen (secondary N) is 1. The van der Waals surface area contributed by atoms with Crippen molar-refractivity contribution >= 4 is 40.6 Å². The SMILES string of the molecule is Cc1cnc(SCC(=O)Nc2cc(N)ccc2Cl)nc1. The average Bonchev–Trinajstić information content (AvgIpc) is 2.42. The van der Waals surface area contributed by atoms with E-state index in [1.165, 1.54) is 11.8 Å². The molecule has 0 spiro atoms. The van der Waals surface area contributed by atoms with Crippen LogP contribution in [0, 0.1) is 6.92 Å². The summed E-state index contributed by atoms with van der Waals surface area (Å²) in [7, 11) is 0.